The van der Waals surface area contributed by atoms with Gasteiger partial charge in [-0.05, 0) is 26.9 Å². The quantitative estimate of drug-likeness (QED) is 0.674. The molecule has 1 unspecified atom stereocenters. The lowest BCUT2D eigenvalue weighted by Crippen LogP contribution is -2.44. The first-order valence-electron chi connectivity index (χ1n) is 5.88. The Morgan fingerprint density at radius 3 is 2.71 bits per heavy atom. The number of likely N-dealkylation sites (tertiary alicyclic amines) is 1. The van der Waals surface area contributed by atoms with Crippen LogP contribution in [0.25, 0.3) is 0 Å². The van der Waals surface area contributed by atoms with E-state index in [1.807, 2.05) is 19.0 Å². The fourth-order valence-corrected chi connectivity index (χ4v) is 2.03. The van der Waals surface area contributed by atoms with Gasteiger partial charge in [0.1, 0.15) is 0 Å². The van der Waals surface area contributed by atoms with Crippen molar-refractivity contribution in [2.24, 2.45) is 0 Å². The number of hydrogen-bond acceptors (Lipinski definition) is 3. The fraction of sp³-hybridized carbons (Fsp3) is 0.818. The number of amides is 2. The molecule has 1 atom stereocenters. The standard InChI is InChI=1S/C11H21N3O3/c1-12(2)6-7-13(11(16)17)8-10-4-3-5-14(10)9-15/h9-10H,3-8H2,1-2H3,(H,16,17). The summed E-state index contributed by atoms with van der Waals surface area (Å²) in [5.41, 5.74) is 0. The van der Waals surface area contributed by atoms with Crippen LogP contribution >= 0.6 is 0 Å². The Labute approximate surface area is 102 Å². The van der Waals surface area contributed by atoms with Gasteiger partial charge in [-0.25, -0.2) is 4.79 Å². The Kier molecular flexibility index (Phi) is 5.21. The van der Waals surface area contributed by atoms with Crippen molar-refractivity contribution < 1.29 is 14.7 Å². The number of likely N-dealkylation sites (N-methyl/N-ethyl adjacent to an activating group) is 1. The molecule has 0 saturated carbocycles. The van der Waals surface area contributed by atoms with Crippen LogP contribution in [0.2, 0.25) is 0 Å². The van der Waals surface area contributed by atoms with Crippen LogP contribution in [-0.4, -0.2) is 78.6 Å². The Morgan fingerprint density at radius 1 is 1.47 bits per heavy atom. The first-order valence-corrected chi connectivity index (χ1v) is 5.88. The highest BCUT2D eigenvalue weighted by Gasteiger charge is 2.26. The summed E-state index contributed by atoms with van der Waals surface area (Å²) in [6.07, 6.45) is 1.77. The van der Waals surface area contributed by atoms with Crippen molar-refractivity contribution in [3.63, 3.8) is 0 Å². The molecule has 0 radical (unpaired) electrons. The topological polar surface area (TPSA) is 64.1 Å². The molecule has 0 aromatic rings. The van der Waals surface area contributed by atoms with E-state index in [-0.39, 0.29) is 6.04 Å². The second-order valence-electron chi connectivity index (χ2n) is 4.67. The number of rotatable bonds is 6. The van der Waals surface area contributed by atoms with E-state index in [4.69, 9.17) is 5.11 Å². The lowest BCUT2D eigenvalue weighted by atomic mass is 10.2. The van der Waals surface area contributed by atoms with Crippen LogP contribution < -0.4 is 0 Å². The molecular weight excluding hydrogens is 222 g/mol. The zero-order valence-electron chi connectivity index (χ0n) is 10.5. The van der Waals surface area contributed by atoms with Crippen LogP contribution in [0.4, 0.5) is 4.79 Å². The largest absolute Gasteiger partial charge is 0.465 e. The molecule has 6 heteroatoms. The number of hydrogen-bond donors (Lipinski definition) is 1. The summed E-state index contributed by atoms with van der Waals surface area (Å²) in [5.74, 6) is 0. The summed E-state index contributed by atoms with van der Waals surface area (Å²) in [7, 11) is 3.82. The molecule has 17 heavy (non-hydrogen) atoms. The summed E-state index contributed by atoms with van der Waals surface area (Å²) in [6, 6.07) is 0.0470. The van der Waals surface area contributed by atoms with Gasteiger partial charge in [0.25, 0.3) is 0 Å². The summed E-state index contributed by atoms with van der Waals surface area (Å²) in [4.78, 5) is 26.9. The third-order valence-corrected chi connectivity index (χ3v) is 3.08. The minimum atomic E-state index is -0.912. The van der Waals surface area contributed by atoms with Gasteiger partial charge in [0, 0.05) is 32.2 Å². The molecule has 1 aliphatic rings. The van der Waals surface area contributed by atoms with Gasteiger partial charge in [-0.1, -0.05) is 0 Å². The number of carbonyl (C=O) groups excluding carboxylic acids is 1. The Bertz CT molecular complexity index is 271. The van der Waals surface area contributed by atoms with E-state index in [9.17, 15) is 9.59 Å². The molecule has 1 aliphatic heterocycles. The van der Waals surface area contributed by atoms with Gasteiger partial charge in [0.05, 0.1) is 0 Å². The predicted octanol–water partition coefficient (Wildman–Crippen LogP) is 0.149. The van der Waals surface area contributed by atoms with E-state index >= 15 is 0 Å². The molecule has 1 saturated heterocycles. The monoisotopic (exact) mass is 243 g/mol. The van der Waals surface area contributed by atoms with Gasteiger partial charge < -0.3 is 19.8 Å². The van der Waals surface area contributed by atoms with Crippen LogP contribution in [0.15, 0.2) is 0 Å². The summed E-state index contributed by atoms with van der Waals surface area (Å²) < 4.78 is 0. The Morgan fingerprint density at radius 2 is 2.18 bits per heavy atom. The van der Waals surface area contributed by atoms with Crippen molar-refractivity contribution >= 4 is 12.5 Å². The summed E-state index contributed by atoms with van der Waals surface area (Å²) in [5, 5.41) is 9.11. The van der Waals surface area contributed by atoms with Crippen molar-refractivity contribution in [2.45, 2.75) is 18.9 Å². The van der Waals surface area contributed by atoms with Crippen LogP contribution in [0, 0.1) is 0 Å². The SMILES string of the molecule is CN(C)CCN(CC1CCCN1C=O)C(=O)O. The van der Waals surface area contributed by atoms with Crippen LogP contribution in [-0.2, 0) is 4.79 Å². The molecular formula is C11H21N3O3. The highest BCUT2D eigenvalue weighted by Crippen LogP contribution is 2.16. The minimum Gasteiger partial charge on any atom is -0.465 e. The van der Waals surface area contributed by atoms with Gasteiger partial charge in [-0.3, -0.25) is 4.79 Å². The minimum absolute atomic E-state index is 0.0470. The van der Waals surface area contributed by atoms with Crippen molar-refractivity contribution in [3.05, 3.63) is 0 Å². The molecule has 1 fully saturated rings. The van der Waals surface area contributed by atoms with E-state index in [0.29, 0.717) is 19.6 Å². The first kappa shape index (κ1) is 13.8. The van der Waals surface area contributed by atoms with Crippen molar-refractivity contribution in [1.29, 1.82) is 0 Å². The molecule has 2 amide bonds. The number of carbonyl (C=O) groups is 2. The van der Waals surface area contributed by atoms with Crippen LogP contribution in [0.1, 0.15) is 12.8 Å². The maximum atomic E-state index is 11.1. The molecule has 98 valence electrons. The normalized spacial score (nSPS) is 19.7. The first-order chi connectivity index (χ1) is 8.04. The fourth-order valence-electron chi connectivity index (χ4n) is 2.03. The smallest absolute Gasteiger partial charge is 0.407 e. The summed E-state index contributed by atoms with van der Waals surface area (Å²) >= 11 is 0. The molecule has 1 heterocycles. The van der Waals surface area contributed by atoms with E-state index in [1.165, 1.54) is 4.90 Å². The van der Waals surface area contributed by atoms with E-state index in [0.717, 1.165) is 25.8 Å². The summed E-state index contributed by atoms with van der Waals surface area (Å²) in [6.45, 7) is 2.34. The molecule has 1 rings (SSSR count). The van der Waals surface area contributed by atoms with Gasteiger partial charge in [0.15, 0.2) is 0 Å². The average molecular weight is 243 g/mol. The Balaban J connectivity index is 2.48. The van der Waals surface area contributed by atoms with Gasteiger partial charge >= 0.3 is 6.09 Å². The molecule has 0 aliphatic carbocycles. The third-order valence-electron chi connectivity index (χ3n) is 3.08. The lowest BCUT2D eigenvalue weighted by molar-refractivity contribution is -0.119. The van der Waals surface area contributed by atoms with Crippen LogP contribution in [0.5, 0.6) is 0 Å². The average Bonchev–Trinajstić information content (AvgIpc) is 2.70. The van der Waals surface area contributed by atoms with Crippen LogP contribution in [0.3, 0.4) is 0 Å². The van der Waals surface area contributed by atoms with Crippen molar-refractivity contribution in [1.82, 2.24) is 14.7 Å². The second kappa shape index (κ2) is 6.44. The molecule has 0 aromatic heterocycles. The molecule has 0 bridgehead atoms. The van der Waals surface area contributed by atoms with Gasteiger partial charge in [0.2, 0.25) is 6.41 Å². The van der Waals surface area contributed by atoms with E-state index < -0.39 is 6.09 Å². The predicted molar refractivity (Wildman–Crippen MR) is 63.9 cm³/mol. The van der Waals surface area contributed by atoms with Crippen molar-refractivity contribution in [2.75, 3.05) is 40.3 Å². The maximum Gasteiger partial charge on any atom is 0.407 e. The second-order valence-corrected chi connectivity index (χ2v) is 4.67. The molecule has 0 spiro atoms. The highest BCUT2D eigenvalue weighted by atomic mass is 16.4. The number of nitrogens with zero attached hydrogens (tertiary/aromatic N) is 3. The van der Waals surface area contributed by atoms with Crippen molar-refractivity contribution in [3.8, 4) is 0 Å². The van der Waals surface area contributed by atoms with E-state index in [1.54, 1.807) is 4.90 Å². The van der Waals surface area contributed by atoms with Gasteiger partial charge in [-0.15, -0.1) is 0 Å². The Hall–Kier alpha value is -1.30. The maximum absolute atomic E-state index is 11.1. The molecule has 6 nitrogen and oxygen atoms in total. The zero-order chi connectivity index (χ0) is 12.8. The third kappa shape index (κ3) is 4.22. The highest BCUT2D eigenvalue weighted by molar-refractivity contribution is 5.65. The van der Waals surface area contributed by atoms with Gasteiger partial charge in [-0.2, -0.15) is 0 Å². The zero-order valence-corrected chi connectivity index (χ0v) is 10.5. The molecule has 0 aromatic carbocycles. The lowest BCUT2D eigenvalue weighted by Gasteiger charge is -2.27. The molecule has 1 N–H and O–H groups in total. The van der Waals surface area contributed by atoms with E-state index in [2.05, 4.69) is 0 Å². The number of carboxylic acid groups (broad SMARTS) is 1.